The molecule has 0 spiro atoms. The van der Waals surface area contributed by atoms with Gasteiger partial charge in [-0.3, -0.25) is 9.69 Å². The number of hydrogen-bond donors (Lipinski definition) is 0. The van der Waals surface area contributed by atoms with Gasteiger partial charge in [0.05, 0.1) is 5.02 Å². The van der Waals surface area contributed by atoms with E-state index >= 15 is 0 Å². The molecule has 0 saturated carbocycles. The van der Waals surface area contributed by atoms with Crippen LogP contribution in [0.4, 0.5) is 0 Å². The zero-order chi connectivity index (χ0) is 13.2. The molecule has 1 aromatic rings. The lowest BCUT2D eigenvalue weighted by Gasteiger charge is -2.31. The SMILES string of the molecule is CC1(C)CCCN1CCC(=O)c1ccccc1Cl. The van der Waals surface area contributed by atoms with Crippen LogP contribution in [0.5, 0.6) is 0 Å². The maximum absolute atomic E-state index is 12.1. The molecular formula is C15H20ClNO. The second-order valence-electron chi connectivity index (χ2n) is 5.56. The Balaban J connectivity index is 1.95. The van der Waals surface area contributed by atoms with Gasteiger partial charge in [-0.25, -0.2) is 0 Å². The number of rotatable bonds is 4. The van der Waals surface area contributed by atoms with Crippen molar-refractivity contribution < 1.29 is 4.79 Å². The lowest BCUT2D eigenvalue weighted by atomic mass is 10.0. The summed E-state index contributed by atoms with van der Waals surface area (Å²) < 4.78 is 0. The number of ketones is 1. The number of hydrogen-bond acceptors (Lipinski definition) is 2. The van der Waals surface area contributed by atoms with Gasteiger partial charge in [-0.15, -0.1) is 0 Å². The lowest BCUT2D eigenvalue weighted by Crippen LogP contribution is -2.39. The fourth-order valence-corrected chi connectivity index (χ4v) is 2.88. The molecule has 1 aliphatic heterocycles. The zero-order valence-corrected chi connectivity index (χ0v) is 11.8. The molecule has 0 aliphatic carbocycles. The Labute approximate surface area is 114 Å². The van der Waals surface area contributed by atoms with Gasteiger partial charge in [0, 0.05) is 24.1 Å². The minimum Gasteiger partial charge on any atom is -0.298 e. The van der Waals surface area contributed by atoms with E-state index < -0.39 is 0 Å². The highest BCUT2D eigenvalue weighted by molar-refractivity contribution is 6.33. The van der Waals surface area contributed by atoms with Crippen LogP contribution in [0.25, 0.3) is 0 Å². The second kappa shape index (κ2) is 5.41. The van der Waals surface area contributed by atoms with Crippen LogP contribution >= 0.6 is 11.6 Å². The topological polar surface area (TPSA) is 20.3 Å². The minimum atomic E-state index is 0.142. The number of Topliss-reactive ketones (excluding diaryl/α,β-unsaturated/α-hetero) is 1. The van der Waals surface area contributed by atoms with Crippen molar-refractivity contribution in [3.8, 4) is 0 Å². The first-order valence-corrected chi connectivity index (χ1v) is 6.91. The summed E-state index contributed by atoms with van der Waals surface area (Å²) in [5.41, 5.74) is 0.886. The molecule has 1 aliphatic rings. The van der Waals surface area contributed by atoms with Crippen LogP contribution in [0.15, 0.2) is 24.3 Å². The second-order valence-corrected chi connectivity index (χ2v) is 5.96. The van der Waals surface area contributed by atoms with Crippen LogP contribution in [0.2, 0.25) is 5.02 Å². The van der Waals surface area contributed by atoms with Crippen molar-refractivity contribution in [2.45, 2.75) is 38.6 Å². The highest BCUT2D eigenvalue weighted by atomic mass is 35.5. The van der Waals surface area contributed by atoms with E-state index in [-0.39, 0.29) is 11.3 Å². The van der Waals surface area contributed by atoms with E-state index in [1.54, 1.807) is 12.1 Å². The zero-order valence-electron chi connectivity index (χ0n) is 11.1. The molecule has 1 heterocycles. The van der Waals surface area contributed by atoms with E-state index in [0.717, 1.165) is 13.1 Å². The maximum atomic E-state index is 12.1. The molecule has 18 heavy (non-hydrogen) atoms. The summed E-state index contributed by atoms with van der Waals surface area (Å²) in [7, 11) is 0. The number of likely N-dealkylation sites (tertiary alicyclic amines) is 1. The smallest absolute Gasteiger partial charge is 0.165 e. The van der Waals surface area contributed by atoms with E-state index in [1.165, 1.54) is 12.8 Å². The third-order valence-electron chi connectivity index (χ3n) is 3.86. The van der Waals surface area contributed by atoms with E-state index in [0.29, 0.717) is 17.0 Å². The van der Waals surface area contributed by atoms with Crippen molar-refractivity contribution in [2.75, 3.05) is 13.1 Å². The number of carbonyl (C=O) groups is 1. The Bertz CT molecular complexity index is 442. The molecule has 0 radical (unpaired) electrons. The summed E-state index contributed by atoms with van der Waals surface area (Å²) in [4.78, 5) is 14.5. The number of benzene rings is 1. The predicted molar refractivity (Wildman–Crippen MR) is 75.3 cm³/mol. The third kappa shape index (κ3) is 2.93. The number of nitrogens with zero attached hydrogens (tertiary/aromatic N) is 1. The molecule has 1 saturated heterocycles. The first kappa shape index (κ1) is 13.6. The monoisotopic (exact) mass is 265 g/mol. The van der Waals surface area contributed by atoms with Crippen molar-refractivity contribution in [3.63, 3.8) is 0 Å². The van der Waals surface area contributed by atoms with Crippen molar-refractivity contribution >= 4 is 17.4 Å². The highest BCUT2D eigenvalue weighted by Crippen LogP contribution is 2.28. The Morgan fingerprint density at radius 1 is 1.39 bits per heavy atom. The van der Waals surface area contributed by atoms with Crippen LogP contribution in [0.3, 0.4) is 0 Å². The van der Waals surface area contributed by atoms with Crippen LogP contribution in [0, 0.1) is 0 Å². The van der Waals surface area contributed by atoms with Gasteiger partial charge in [-0.05, 0) is 45.4 Å². The van der Waals surface area contributed by atoms with Gasteiger partial charge < -0.3 is 0 Å². The summed E-state index contributed by atoms with van der Waals surface area (Å²) in [6, 6.07) is 7.29. The lowest BCUT2D eigenvalue weighted by molar-refractivity contribution is 0.0942. The molecule has 0 aromatic heterocycles. The minimum absolute atomic E-state index is 0.142. The average Bonchev–Trinajstić information content (AvgIpc) is 2.66. The van der Waals surface area contributed by atoms with Crippen molar-refractivity contribution in [1.82, 2.24) is 4.90 Å². The summed E-state index contributed by atoms with van der Waals surface area (Å²) in [6.07, 6.45) is 2.99. The van der Waals surface area contributed by atoms with Crippen LogP contribution < -0.4 is 0 Å². The van der Waals surface area contributed by atoms with Crippen molar-refractivity contribution in [2.24, 2.45) is 0 Å². The van der Waals surface area contributed by atoms with Gasteiger partial charge in [0.15, 0.2) is 5.78 Å². The molecule has 0 N–H and O–H groups in total. The Hall–Kier alpha value is -0.860. The fourth-order valence-electron chi connectivity index (χ4n) is 2.64. The summed E-state index contributed by atoms with van der Waals surface area (Å²) in [5, 5.41) is 0.559. The van der Waals surface area contributed by atoms with E-state index in [4.69, 9.17) is 11.6 Å². The van der Waals surface area contributed by atoms with Gasteiger partial charge >= 0.3 is 0 Å². The van der Waals surface area contributed by atoms with E-state index in [1.807, 2.05) is 12.1 Å². The molecule has 1 fully saturated rings. The van der Waals surface area contributed by atoms with Gasteiger partial charge in [0.25, 0.3) is 0 Å². The van der Waals surface area contributed by atoms with Gasteiger partial charge in [0.2, 0.25) is 0 Å². The number of carbonyl (C=O) groups excluding carboxylic acids is 1. The van der Waals surface area contributed by atoms with Crippen molar-refractivity contribution in [3.05, 3.63) is 34.9 Å². The average molecular weight is 266 g/mol. The van der Waals surface area contributed by atoms with Gasteiger partial charge in [-0.1, -0.05) is 23.7 Å². The van der Waals surface area contributed by atoms with Crippen LogP contribution in [-0.2, 0) is 0 Å². The van der Waals surface area contributed by atoms with E-state index in [2.05, 4.69) is 18.7 Å². The fraction of sp³-hybridized carbons (Fsp3) is 0.533. The van der Waals surface area contributed by atoms with Gasteiger partial charge in [0.1, 0.15) is 0 Å². The van der Waals surface area contributed by atoms with Gasteiger partial charge in [-0.2, -0.15) is 0 Å². The standard InChI is InChI=1S/C15H20ClNO/c1-15(2)9-5-10-17(15)11-8-14(18)12-6-3-4-7-13(12)16/h3-4,6-7H,5,8-11H2,1-2H3. The molecule has 98 valence electrons. The molecule has 0 bridgehead atoms. The van der Waals surface area contributed by atoms with E-state index in [9.17, 15) is 4.79 Å². The molecule has 0 amide bonds. The van der Waals surface area contributed by atoms with Crippen molar-refractivity contribution in [1.29, 1.82) is 0 Å². The van der Waals surface area contributed by atoms with Crippen LogP contribution in [-0.4, -0.2) is 29.3 Å². The first-order chi connectivity index (χ1) is 8.50. The molecule has 1 aromatic carbocycles. The maximum Gasteiger partial charge on any atom is 0.165 e. The largest absolute Gasteiger partial charge is 0.298 e. The predicted octanol–water partition coefficient (Wildman–Crippen LogP) is 3.79. The molecule has 2 nitrogen and oxygen atoms in total. The normalized spacial score (nSPS) is 19.1. The first-order valence-electron chi connectivity index (χ1n) is 6.53. The molecule has 3 heteroatoms. The number of halogens is 1. The summed E-state index contributed by atoms with van der Waals surface area (Å²) >= 11 is 6.04. The highest BCUT2D eigenvalue weighted by Gasteiger charge is 2.31. The molecule has 2 rings (SSSR count). The molecule has 0 unspecified atom stereocenters. The Kier molecular flexibility index (Phi) is 4.08. The Morgan fingerprint density at radius 2 is 2.11 bits per heavy atom. The Morgan fingerprint density at radius 3 is 2.72 bits per heavy atom. The van der Waals surface area contributed by atoms with Crippen LogP contribution in [0.1, 0.15) is 43.5 Å². The summed E-state index contributed by atoms with van der Waals surface area (Å²) in [6.45, 7) is 6.43. The summed E-state index contributed by atoms with van der Waals surface area (Å²) in [5.74, 6) is 0.142. The quantitative estimate of drug-likeness (QED) is 0.772. The molecule has 0 atom stereocenters. The third-order valence-corrected chi connectivity index (χ3v) is 4.19. The molecular weight excluding hydrogens is 246 g/mol.